The molecule has 6 heteroatoms. The maximum atomic E-state index is 12.3. The highest BCUT2D eigenvalue weighted by molar-refractivity contribution is 5.96. The molecule has 0 aliphatic heterocycles. The standard InChI is InChI=1S/C19H31N3O3/c1-5-7-12-22(13-14-23)18(25)20-16-10-8-15(9-11-16)17(24)21-19(3,4)6-2/h8-11,23H,5-7,12-14H2,1-4H3,(H,20,25)(H,21,24). The van der Waals surface area contributed by atoms with Gasteiger partial charge in [0.25, 0.3) is 5.91 Å². The van der Waals surface area contributed by atoms with E-state index in [1.54, 1.807) is 29.2 Å². The highest BCUT2D eigenvalue weighted by Gasteiger charge is 2.19. The van der Waals surface area contributed by atoms with E-state index >= 15 is 0 Å². The number of anilines is 1. The predicted octanol–water partition coefficient (Wildman–Crippen LogP) is 3.23. The molecule has 0 aliphatic rings. The van der Waals surface area contributed by atoms with Gasteiger partial charge in [0.05, 0.1) is 6.61 Å². The van der Waals surface area contributed by atoms with E-state index in [0.717, 1.165) is 19.3 Å². The zero-order valence-electron chi connectivity index (χ0n) is 15.8. The first-order valence-electron chi connectivity index (χ1n) is 8.92. The van der Waals surface area contributed by atoms with E-state index in [4.69, 9.17) is 5.11 Å². The van der Waals surface area contributed by atoms with Crippen LogP contribution in [-0.4, -0.2) is 47.2 Å². The molecule has 25 heavy (non-hydrogen) atoms. The summed E-state index contributed by atoms with van der Waals surface area (Å²) in [6.45, 7) is 8.88. The van der Waals surface area contributed by atoms with Crippen LogP contribution in [0.2, 0.25) is 0 Å². The fourth-order valence-electron chi connectivity index (χ4n) is 2.16. The smallest absolute Gasteiger partial charge is 0.321 e. The van der Waals surface area contributed by atoms with Crippen molar-refractivity contribution in [1.29, 1.82) is 0 Å². The highest BCUT2D eigenvalue weighted by atomic mass is 16.3. The Morgan fingerprint density at radius 1 is 1.12 bits per heavy atom. The van der Waals surface area contributed by atoms with Crippen LogP contribution < -0.4 is 10.6 Å². The normalized spacial score (nSPS) is 11.1. The zero-order valence-corrected chi connectivity index (χ0v) is 15.8. The molecular formula is C19H31N3O3. The molecule has 0 bridgehead atoms. The van der Waals surface area contributed by atoms with E-state index < -0.39 is 0 Å². The van der Waals surface area contributed by atoms with Gasteiger partial charge >= 0.3 is 6.03 Å². The Kier molecular flexibility index (Phi) is 8.41. The summed E-state index contributed by atoms with van der Waals surface area (Å²) in [4.78, 5) is 26.1. The number of unbranched alkanes of at least 4 members (excludes halogenated alkanes) is 1. The van der Waals surface area contributed by atoms with E-state index in [9.17, 15) is 9.59 Å². The van der Waals surface area contributed by atoms with Crippen LogP contribution in [0, 0.1) is 0 Å². The average Bonchev–Trinajstić information content (AvgIpc) is 2.58. The van der Waals surface area contributed by atoms with Crippen molar-refractivity contribution < 1.29 is 14.7 Å². The van der Waals surface area contributed by atoms with E-state index in [-0.39, 0.29) is 24.1 Å². The lowest BCUT2D eigenvalue weighted by atomic mass is 10.0. The number of hydrogen-bond acceptors (Lipinski definition) is 3. The minimum Gasteiger partial charge on any atom is -0.395 e. The van der Waals surface area contributed by atoms with Crippen LogP contribution in [0.25, 0.3) is 0 Å². The van der Waals surface area contributed by atoms with Gasteiger partial charge in [0.2, 0.25) is 0 Å². The van der Waals surface area contributed by atoms with Crippen molar-refractivity contribution in [2.24, 2.45) is 0 Å². The summed E-state index contributed by atoms with van der Waals surface area (Å²) in [6.07, 6.45) is 2.71. The molecule has 0 saturated carbocycles. The van der Waals surface area contributed by atoms with Gasteiger partial charge in [-0.1, -0.05) is 20.3 Å². The number of nitrogens with zero attached hydrogens (tertiary/aromatic N) is 1. The first-order valence-corrected chi connectivity index (χ1v) is 8.92. The Bertz CT molecular complexity index is 556. The molecule has 3 N–H and O–H groups in total. The van der Waals surface area contributed by atoms with Gasteiger partial charge in [0, 0.05) is 29.9 Å². The van der Waals surface area contributed by atoms with Crippen molar-refractivity contribution in [3.63, 3.8) is 0 Å². The van der Waals surface area contributed by atoms with Crippen molar-refractivity contribution in [2.75, 3.05) is 25.0 Å². The summed E-state index contributed by atoms with van der Waals surface area (Å²) in [5, 5.41) is 14.9. The van der Waals surface area contributed by atoms with Crippen LogP contribution in [0.5, 0.6) is 0 Å². The Hall–Kier alpha value is -2.08. The van der Waals surface area contributed by atoms with Crippen LogP contribution in [0.1, 0.15) is 57.3 Å². The summed E-state index contributed by atoms with van der Waals surface area (Å²) in [7, 11) is 0. The van der Waals surface area contributed by atoms with Crippen molar-refractivity contribution >= 4 is 17.6 Å². The van der Waals surface area contributed by atoms with Crippen LogP contribution in [-0.2, 0) is 0 Å². The molecule has 0 heterocycles. The fourth-order valence-corrected chi connectivity index (χ4v) is 2.16. The maximum Gasteiger partial charge on any atom is 0.321 e. The number of aliphatic hydroxyl groups is 1. The first kappa shape index (κ1) is 21.0. The van der Waals surface area contributed by atoms with Gasteiger partial charge in [0.1, 0.15) is 0 Å². The minimum absolute atomic E-state index is 0.0660. The van der Waals surface area contributed by atoms with Gasteiger partial charge in [-0.3, -0.25) is 4.79 Å². The number of carbonyl (C=O) groups is 2. The number of hydrogen-bond donors (Lipinski definition) is 3. The second kappa shape index (κ2) is 10.0. The predicted molar refractivity (Wildman–Crippen MR) is 101 cm³/mol. The molecule has 0 unspecified atom stereocenters. The number of urea groups is 1. The Morgan fingerprint density at radius 2 is 1.76 bits per heavy atom. The number of nitrogens with one attached hydrogen (secondary N) is 2. The average molecular weight is 349 g/mol. The number of aliphatic hydroxyl groups excluding tert-OH is 1. The Morgan fingerprint density at radius 3 is 2.28 bits per heavy atom. The van der Waals surface area contributed by atoms with Crippen molar-refractivity contribution in [3.05, 3.63) is 29.8 Å². The van der Waals surface area contributed by atoms with Crippen molar-refractivity contribution in [1.82, 2.24) is 10.2 Å². The minimum atomic E-state index is -0.256. The quantitative estimate of drug-likeness (QED) is 0.640. The third-order valence-electron chi connectivity index (χ3n) is 4.17. The largest absolute Gasteiger partial charge is 0.395 e. The molecule has 0 aromatic heterocycles. The molecule has 6 nitrogen and oxygen atoms in total. The second-order valence-corrected chi connectivity index (χ2v) is 6.76. The molecule has 0 fully saturated rings. The molecule has 1 aromatic carbocycles. The molecule has 1 rings (SSSR count). The van der Waals surface area contributed by atoms with Crippen molar-refractivity contribution in [2.45, 2.75) is 52.5 Å². The number of rotatable bonds is 9. The molecule has 140 valence electrons. The molecule has 0 radical (unpaired) electrons. The van der Waals surface area contributed by atoms with Crippen LogP contribution in [0.4, 0.5) is 10.5 Å². The summed E-state index contributed by atoms with van der Waals surface area (Å²) in [5.41, 5.74) is 0.919. The van der Waals surface area contributed by atoms with E-state index in [2.05, 4.69) is 17.6 Å². The number of amides is 3. The van der Waals surface area contributed by atoms with E-state index in [0.29, 0.717) is 24.3 Å². The SMILES string of the molecule is CCCCN(CCO)C(=O)Nc1ccc(C(=O)NC(C)(C)CC)cc1. The fraction of sp³-hybridized carbons (Fsp3) is 0.579. The van der Waals surface area contributed by atoms with Crippen LogP contribution >= 0.6 is 0 Å². The summed E-state index contributed by atoms with van der Waals surface area (Å²) in [5.74, 6) is -0.130. The van der Waals surface area contributed by atoms with Crippen LogP contribution in [0.15, 0.2) is 24.3 Å². The van der Waals surface area contributed by atoms with E-state index in [1.165, 1.54) is 0 Å². The van der Waals surface area contributed by atoms with Crippen molar-refractivity contribution in [3.8, 4) is 0 Å². The Balaban J connectivity index is 2.69. The zero-order chi connectivity index (χ0) is 18.9. The topological polar surface area (TPSA) is 81.7 Å². The molecule has 1 aromatic rings. The molecule has 0 aliphatic carbocycles. The molecule has 0 atom stereocenters. The summed E-state index contributed by atoms with van der Waals surface area (Å²) >= 11 is 0. The third-order valence-corrected chi connectivity index (χ3v) is 4.17. The third kappa shape index (κ3) is 7.13. The Labute approximate surface area is 150 Å². The molecule has 0 spiro atoms. The summed E-state index contributed by atoms with van der Waals surface area (Å²) < 4.78 is 0. The number of carbonyl (C=O) groups excluding carboxylic acids is 2. The lowest BCUT2D eigenvalue weighted by molar-refractivity contribution is 0.0911. The lowest BCUT2D eigenvalue weighted by Crippen LogP contribution is -2.42. The summed E-state index contributed by atoms with van der Waals surface area (Å²) in [6, 6.07) is 6.57. The molecule has 0 saturated heterocycles. The van der Waals surface area contributed by atoms with Gasteiger partial charge < -0.3 is 20.6 Å². The van der Waals surface area contributed by atoms with Gasteiger partial charge in [-0.2, -0.15) is 0 Å². The van der Waals surface area contributed by atoms with Gasteiger partial charge in [-0.15, -0.1) is 0 Å². The van der Waals surface area contributed by atoms with Crippen LogP contribution in [0.3, 0.4) is 0 Å². The maximum absolute atomic E-state index is 12.3. The second-order valence-electron chi connectivity index (χ2n) is 6.76. The molecule has 3 amide bonds. The lowest BCUT2D eigenvalue weighted by Gasteiger charge is -2.24. The first-order chi connectivity index (χ1) is 11.8. The monoisotopic (exact) mass is 349 g/mol. The van der Waals surface area contributed by atoms with Gasteiger partial charge in [0.15, 0.2) is 0 Å². The van der Waals surface area contributed by atoms with Gasteiger partial charge in [-0.05, 0) is 51.0 Å². The molecular weight excluding hydrogens is 318 g/mol. The van der Waals surface area contributed by atoms with Gasteiger partial charge in [-0.25, -0.2) is 4.79 Å². The number of benzene rings is 1. The van der Waals surface area contributed by atoms with E-state index in [1.807, 2.05) is 20.8 Å². The highest BCUT2D eigenvalue weighted by Crippen LogP contribution is 2.13.